The first-order valence-corrected chi connectivity index (χ1v) is 13.4. The number of alkyl halides is 6. The van der Waals surface area contributed by atoms with Gasteiger partial charge in [0.1, 0.15) is 17.3 Å². The van der Waals surface area contributed by atoms with Gasteiger partial charge in [-0.3, -0.25) is 14.4 Å². The lowest BCUT2D eigenvalue weighted by atomic mass is 10.1. The van der Waals surface area contributed by atoms with E-state index in [4.69, 9.17) is 21.8 Å². The van der Waals surface area contributed by atoms with E-state index >= 15 is 0 Å². The van der Waals surface area contributed by atoms with Crippen molar-refractivity contribution in [1.29, 1.82) is 0 Å². The summed E-state index contributed by atoms with van der Waals surface area (Å²) in [5.41, 5.74) is -2.28. The van der Waals surface area contributed by atoms with E-state index in [0.717, 1.165) is 32.4 Å². The van der Waals surface area contributed by atoms with Crippen LogP contribution in [0.2, 0.25) is 0 Å². The van der Waals surface area contributed by atoms with Crippen molar-refractivity contribution in [2.75, 3.05) is 40.4 Å². The summed E-state index contributed by atoms with van der Waals surface area (Å²) in [6.45, 7) is 1.91. The molecule has 9 nitrogen and oxygen atoms in total. The summed E-state index contributed by atoms with van der Waals surface area (Å²) in [7, 11) is 2.26. The van der Waals surface area contributed by atoms with Crippen LogP contribution in [0.5, 0.6) is 11.5 Å². The van der Waals surface area contributed by atoms with E-state index in [1.807, 2.05) is 0 Å². The first-order valence-electron chi connectivity index (χ1n) is 13.1. The number of halogens is 7. The molecule has 0 aromatic heterocycles. The monoisotopic (exact) mass is 656 g/mol. The normalized spacial score (nSPS) is 16.5. The Morgan fingerprint density at radius 1 is 0.841 bits per heavy atom. The van der Waals surface area contributed by atoms with Gasteiger partial charge in [-0.05, 0) is 48.0 Å². The van der Waals surface area contributed by atoms with Gasteiger partial charge in [-0.15, -0.1) is 0 Å². The number of carbonyl (C=O) groups excluding carboxylic acids is 3. The van der Waals surface area contributed by atoms with Gasteiger partial charge in [0.25, 0.3) is 11.1 Å². The van der Waals surface area contributed by atoms with Crippen molar-refractivity contribution in [2.45, 2.75) is 43.8 Å². The number of nitrogens with one attached hydrogen (secondary N) is 1. The number of nitrogens with zero attached hydrogens (tertiary/aromatic N) is 1. The minimum Gasteiger partial charge on any atom is -0.496 e. The molecule has 2 heterocycles. The predicted octanol–water partition coefficient (Wildman–Crippen LogP) is 4.66. The van der Waals surface area contributed by atoms with Gasteiger partial charge in [-0.2, -0.15) is 26.3 Å². The second-order valence-corrected chi connectivity index (χ2v) is 10.0. The molecule has 4 rings (SSSR count). The van der Waals surface area contributed by atoms with Crippen molar-refractivity contribution in [2.24, 2.45) is 0 Å². The maximum Gasteiger partial charge on any atom is 0.419 e. The molecule has 0 atom stereocenters. The molecule has 16 heteroatoms. The third kappa shape index (κ3) is 10.9. The minimum atomic E-state index is -4.60. The number of benzene rings is 2. The zero-order chi connectivity index (χ0) is 33.3. The van der Waals surface area contributed by atoms with E-state index in [-0.39, 0.29) is 54.3 Å². The average molecular weight is 657 g/mol. The summed E-state index contributed by atoms with van der Waals surface area (Å²) < 4.78 is 85.3. The number of hydrogen-bond acceptors (Lipinski definition) is 8. The first-order chi connectivity index (χ1) is 20.4. The highest BCUT2D eigenvalue weighted by molar-refractivity contribution is 6.67. The van der Waals surface area contributed by atoms with Crippen LogP contribution in [0, 0.1) is 0 Å². The summed E-state index contributed by atoms with van der Waals surface area (Å²) in [5.74, 6) is -2.50. The molecule has 244 valence electrons. The molecule has 0 spiro atoms. The molecule has 2 aliphatic rings. The van der Waals surface area contributed by atoms with E-state index in [2.05, 4.69) is 14.8 Å². The molecular formula is C28H31ClF6N2O7. The maximum atomic E-state index is 12.9. The van der Waals surface area contributed by atoms with Crippen LogP contribution < -0.4 is 14.8 Å². The predicted molar refractivity (Wildman–Crippen MR) is 146 cm³/mol. The lowest BCUT2D eigenvalue weighted by Gasteiger charge is -2.26. The quantitative estimate of drug-likeness (QED) is 0.247. The number of amides is 1. The fraction of sp³-hybridized carbons (Fsp3) is 0.464. The third-order valence-corrected chi connectivity index (χ3v) is 6.71. The Morgan fingerprint density at radius 2 is 1.27 bits per heavy atom. The van der Waals surface area contributed by atoms with Crippen LogP contribution in [0.15, 0.2) is 36.4 Å². The van der Waals surface area contributed by atoms with Gasteiger partial charge in [-0.25, -0.2) is 0 Å². The van der Waals surface area contributed by atoms with Crippen molar-refractivity contribution in [1.82, 2.24) is 10.2 Å². The van der Waals surface area contributed by atoms with Gasteiger partial charge in [0.05, 0.1) is 25.3 Å². The largest absolute Gasteiger partial charge is 0.496 e. The molecule has 0 unspecified atom stereocenters. The van der Waals surface area contributed by atoms with Crippen molar-refractivity contribution in [3.05, 3.63) is 58.7 Å². The Hall–Kier alpha value is -3.40. The summed E-state index contributed by atoms with van der Waals surface area (Å²) in [5, 5.41) is 19.9. The van der Waals surface area contributed by atoms with Gasteiger partial charge in [0.15, 0.2) is 5.79 Å². The van der Waals surface area contributed by atoms with E-state index in [1.54, 1.807) is 0 Å². The van der Waals surface area contributed by atoms with Gasteiger partial charge < -0.3 is 29.9 Å². The highest BCUT2D eigenvalue weighted by atomic mass is 35.5. The minimum absolute atomic E-state index is 0.0579. The fourth-order valence-electron chi connectivity index (χ4n) is 4.08. The number of aliphatic hydroxyl groups is 2. The van der Waals surface area contributed by atoms with Crippen LogP contribution in [0.3, 0.4) is 0 Å². The van der Waals surface area contributed by atoms with Crippen LogP contribution in [-0.2, 0) is 17.1 Å². The Kier molecular flexibility index (Phi) is 13.0. The molecule has 2 fully saturated rings. The number of piperidine rings is 2. The SMILES string of the molecule is COc1ccc(C(=O)Cl)cc1C(F)(F)F.COc1ccc(C(=O)N2CCC(=O)CC2)cc1C(F)(F)F.OC1(O)CCNCC1. The number of likely N-dealkylation sites (tertiary alicyclic amines) is 1. The lowest BCUT2D eigenvalue weighted by molar-refractivity contribution is -0.175. The van der Waals surface area contributed by atoms with Gasteiger partial charge in [0.2, 0.25) is 0 Å². The number of carbonyl (C=O) groups is 3. The van der Waals surface area contributed by atoms with Crippen LogP contribution >= 0.6 is 11.6 Å². The third-order valence-electron chi connectivity index (χ3n) is 6.50. The highest BCUT2D eigenvalue weighted by Gasteiger charge is 2.36. The van der Waals surface area contributed by atoms with Gasteiger partial charge in [-0.1, -0.05) is 0 Å². The second-order valence-electron chi connectivity index (χ2n) is 9.66. The Labute approximate surface area is 253 Å². The van der Waals surface area contributed by atoms with Crippen molar-refractivity contribution in [3.63, 3.8) is 0 Å². The topological polar surface area (TPSA) is 125 Å². The number of ether oxygens (including phenoxy) is 2. The van der Waals surface area contributed by atoms with E-state index in [9.17, 15) is 40.7 Å². The van der Waals surface area contributed by atoms with Crippen LogP contribution in [-0.4, -0.2) is 78.2 Å². The molecule has 2 saturated heterocycles. The molecule has 2 aliphatic heterocycles. The molecule has 0 saturated carbocycles. The maximum absolute atomic E-state index is 12.9. The van der Waals surface area contributed by atoms with Crippen LogP contribution in [0.4, 0.5) is 26.3 Å². The first kappa shape index (κ1) is 36.8. The molecule has 2 aromatic rings. The van der Waals surface area contributed by atoms with Gasteiger partial charge >= 0.3 is 12.4 Å². The zero-order valence-electron chi connectivity index (χ0n) is 23.6. The summed E-state index contributed by atoms with van der Waals surface area (Å²) in [6, 6.07) is 6.10. The van der Waals surface area contributed by atoms with Gasteiger partial charge in [0, 0.05) is 63.0 Å². The Balaban J connectivity index is 0.000000254. The van der Waals surface area contributed by atoms with Crippen LogP contribution in [0.1, 0.15) is 57.5 Å². The molecular weight excluding hydrogens is 626 g/mol. The summed E-state index contributed by atoms with van der Waals surface area (Å²) in [4.78, 5) is 35.4. The highest BCUT2D eigenvalue weighted by Crippen LogP contribution is 2.38. The van der Waals surface area contributed by atoms with Crippen molar-refractivity contribution < 1.29 is 60.4 Å². The average Bonchev–Trinajstić information content (AvgIpc) is 2.96. The fourth-order valence-corrected chi connectivity index (χ4v) is 4.20. The molecule has 44 heavy (non-hydrogen) atoms. The van der Waals surface area contributed by atoms with Crippen molar-refractivity contribution >= 4 is 28.5 Å². The summed E-state index contributed by atoms with van der Waals surface area (Å²) >= 11 is 5.07. The Bertz CT molecular complexity index is 1300. The van der Waals surface area contributed by atoms with E-state index in [0.29, 0.717) is 32.0 Å². The van der Waals surface area contributed by atoms with Crippen molar-refractivity contribution in [3.8, 4) is 11.5 Å². The standard InChI is InChI=1S/C14H14F3NO3.C9H6ClF3O2.C5H11NO2/c1-21-12-3-2-9(8-11(12)14(15,16)17)13(20)18-6-4-10(19)5-7-18;1-15-7-3-2-5(8(10)14)4-6(7)9(11,12)13;7-5(8)1-3-6-4-2-5/h2-3,8H,4-7H2,1H3;2-4H,1H3;6-8H,1-4H2. The zero-order valence-corrected chi connectivity index (χ0v) is 24.4. The Morgan fingerprint density at radius 3 is 1.64 bits per heavy atom. The second kappa shape index (κ2) is 15.5. The number of methoxy groups -OCH3 is 2. The number of ketones is 1. The number of hydrogen-bond donors (Lipinski definition) is 3. The molecule has 1 amide bonds. The van der Waals surface area contributed by atoms with E-state index in [1.165, 1.54) is 17.0 Å². The van der Waals surface area contributed by atoms with Crippen LogP contribution in [0.25, 0.3) is 0 Å². The number of Topliss-reactive ketones (excluding diaryl/α,β-unsaturated/α-hetero) is 1. The lowest BCUT2D eigenvalue weighted by Crippen LogP contribution is -2.41. The smallest absolute Gasteiger partial charge is 0.419 e. The molecule has 0 aliphatic carbocycles. The number of rotatable bonds is 4. The summed E-state index contributed by atoms with van der Waals surface area (Å²) in [6.07, 6.45) is -7.78. The molecule has 3 N–H and O–H groups in total. The van der Waals surface area contributed by atoms with E-state index < -0.39 is 40.4 Å². The molecule has 2 aromatic carbocycles. The molecule has 0 radical (unpaired) electrons. The molecule has 0 bridgehead atoms.